The maximum absolute atomic E-state index is 12.7. The summed E-state index contributed by atoms with van der Waals surface area (Å²) in [4.78, 5) is 48.5. The molecule has 0 radical (unpaired) electrons. The summed E-state index contributed by atoms with van der Waals surface area (Å²) in [6, 6.07) is 10.1. The number of ether oxygens (including phenoxy) is 2. The summed E-state index contributed by atoms with van der Waals surface area (Å²) in [5.41, 5.74) is 0.551. The van der Waals surface area contributed by atoms with E-state index >= 15 is 0 Å². The number of benzene rings is 2. The highest BCUT2D eigenvalue weighted by Gasteiger charge is 2.36. The molecule has 0 atom stereocenters. The number of thioether (sulfide) groups is 1. The zero-order chi connectivity index (χ0) is 21.8. The number of amides is 2. The van der Waals surface area contributed by atoms with E-state index in [0.29, 0.717) is 28.8 Å². The topological polar surface area (TPSA) is 116 Å². The minimum absolute atomic E-state index is 0.142. The molecule has 2 aromatic carbocycles. The van der Waals surface area contributed by atoms with Gasteiger partial charge in [0.2, 0.25) is 0 Å². The van der Waals surface area contributed by atoms with Crippen molar-refractivity contribution >= 4 is 40.5 Å². The first-order chi connectivity index (χ1) is 14.3. The molecule has 1 aliphatic rings. The van der Waals surface area contributed by atoms with Crippen LogP contribution in [0.4, 0.5) is 10.5 Å². The van der Waals surface area contributed by atoms with E-state index in [2.05, 4.69) is 0 Å². The van der Waals surface area contributed by atoms with Crippen molar-refractivity contribution in [2.75, 3.05) is 20.8 Å². The number of nitro groups is 1. The lowest BCUT2D eigenvalue weighted by atomic mass is 10.1. The number of nitro benzene ring substituents is 1. The third kappa shape index (κ3) is 4.18. The quantitative estimate of drug-likeness (QED) is 0.285. The van der Waals surface area contributed by atoms with Crippen molar-refractivity contribution in [2.45, 2.75) is 0 Å². The second kappa shape index (κ2) is 8.78. The Bertz CT molecular complexity index is 1060. The Labute approximate surface area is 175 Å². The number of methoxy groups -OCH3 is 2. The standard InChI is InChI=1S/C20H16N2O7S/c1-28-16-5-3-4-13(18(16)29-2)10-17-19(24)21(20(25)30-17)11-15(23)12-6-8-14(9-7-12)22(26)27/h3-10H,11H2,1-2H3/b17-10+. The summed E-state index contributed by atoms with van der Waals surface area (Å²) < 4.78 is 10.5. The highest BCUT2D eigenvalue weighted by atomic mass is 32.2. The summed E-state index contributed by atoms with van der Waals surface area (Å²) >= 11 is 0.713. The van der Waals surface area contributed by atoms with Gasteiger partial charge in [0, 0.05) is 23.3 Å². The highest BCUT2D eigenvalue weighted by molar-refractivity contribution is 8.18. The molecule has 1 saturated heterocycles. The zero-order valence-electron chi connectivity index (χ0n) is 16.0. The van der Waals surface area contributed by atoms with Crippen LogP contribution in [0.15, 0.2) is 47.4 Å². The van der Waals surface area contributed by atoms with E-state index in [1.54, 1.807) is 18.2 Å². The predicted octanol–water partition coefficient (Wildman–Crippen LogP) is 3.53. The van der Waals surface area contributed by atoms with Gasteiger partial charge in [-0.3, -0.25) is 29.4 Å². The third-order valence-electron chi connectivity index (χ3n) is 4.30. The number of rotatable bonds is 7. The Morgan fingerprint density at radius 1 is 1.13 bits per heavy atom. The van der Waals surface area contributed by atoms with Gasteiger partial charge in [0.25, 0.3) is 16.8 Å². The molecule has 0 N–H and O–H groups in total. The molecule has 2 amide bonds. The highest BCUT2D eigenvalue weighted by Crippen LogP contribution is 2.37. The summed E-state index contributed by atoms with van der Waals surface area (Å²) in [6.07, 6.45) is 1.50. The minimum Gasteiger partial charge on any atom is -0.493 e. The normalized spacial score (nSPS) is 14.9. The van der Waals surface area contributed by atoms with Gasteiger partial charge < -0.3 is 9.47 Å². The molecule has 0 unspecified atom stereocenters. The van der Waals surface area contributed by atoms with Crippen molar-refractivity contribution in [3.63, 3.8) is 0 Å². The van der Waals surface area contributed by atoms with Crippen molar-refractivity contribution in [1.29, 1.82) is 0 Å². The first-order valence-corrected chi connectivity index (χ1v) is 9.41. The molecule has 3 rings (SSSR count). The molecule has 30 heavy (non-hydrogen) atoms. The second-order valence-corrected chi connectivity index (χ2v) is 7.07. The number of nitrogens with zero attached hydrogens (tertiary/aromatic N) is 2. The Morgan fingerprint density at radius 2 is 1.83 bits per heavy atom. The summed E-state index contributed by atoms with van der Waals surface area (Å²) in [6.45, 7) is -0.463. The van der Waals surface area contributed by atoms with Crippen LogP contribution >= 0.6 is 11.8 Å². The molecule has 0 spiro atoms. The molecule has 0 aliphatic carbocycles. The molecule has 154 valence electrons. The van der Waals surface area contributed by atoms with Crippen LogP contribution in [-0.2, 0) is 4.79 Å². The van der Waals surface area contributed by atoms with Gasteiger partial charge in [0.15, 0.2) is 17.3 Å². The molecular formula is C20H16N2O7S. The van der Waals surface area contributed by atoms with Gasteiger partial charge in [-0.15, -0.1) is 0 Å². The van der Waals surface area contributed by atoms with Crippen LogP contribution in [0.2, 0.25) is 0 Å². The van der Waals surface area contributed by atoms with Crippen LogP contribution in [0, 0.1) is 10.1 Å². The minimum atomic E-state index is -0.606. The number of Topliss-reactive ketones (excluding diaryl/α,β-unsaturated/α-hetero) is 1. The van der Waals surface area contributed by atoms with Gasteiger partial charge in [0.05, 0.1) is 30.6 Å². The van der Waals surface area contributed by atoms with E-state index in [-0.39, 0.29) is 16.2 Å². The average molecular weight is 428 g/mol. The van der Waals surface area contributed by atoms with Crippen molar-refractivity contribution in [1.82, 2.24) is 4.90 Å². The van der Waals surface area contributed by atoms with E-state index in [4.69, 9.17) is 9.47 Å². The molecule has 1 aliphatic heterocycles. The second-order valence-electron chi connectivity index (χ2n) is 6.08. The number of hydrogen-bond acceptors (Lipinski definition) is 8. The first-order valence-electron chi connectivity index (χ1n) is 8.59. The summed E-state index contributed by atoms with van der Waals surface area (Å²) in [5.74, 6) is -0.231. The van der Waals surface area contributed by atoms with Crippen molar-refractivity contribution < 1.29 is 28.8 Å². The number of imide groups is 1. The maximum atomic E-state index is 12.7. The molecule has 2 aromatic rings. The van der Waals surface area contributed by atoms with E-state index in [0.717, 1.165) is 4.90 Å². The molecule has 9 nitrogen and oxygen atoms in total. The van der Waals surface area contributed by atoms with E-state index in [1.807, 2.05) is 0 Å². The summed E-state index contributed by atoms with van der Waals surface area (Å²) in [5, 5.41) is 10.1. The van der Waals surface area contributed by atoms with E-state index < -0.39 is 28.4 Å². The number of para-hydroxylation sites is 1. The molecule has 0 bridgehead atoms. The molecule has 10 heteroatoms. The van der Waals surface area contributed by atoms with Crippen molar-refractivity contribution in [2.24, 2.45) is 0 Å². The lowest BCUT2D eigenvalue weighted by Crippen LogP contribution is -2.33. The smallest absolute Gasteiger partial charge is 0.293 e. The number of carbonyl (C=O) groups is 3. The Hall–Kier alpha value is -3.66. The molecule has 0 saturated carbocycles. The fourth-order valence-corrected chi connectivity index (χ4v) is 3.64. The Balaban J connectivity index is 1.80. The predicted molar refractivity (Wildman–Crippen MR) is 110 cm³/mol. The average Bonchev–Trinajstić information content (AvgIpc) is 3.00. The number of non-ortho nitro benzene ring substituents is 1. The lowest BCUT2D eigenvalue weighted by molar-refractivity contribution is -0.384. The van der Waals surface area contributed by atoms with Crippen molar-refractivity contribution in [3.05, 3.63) is 68.6 Å². The van der Waals surface area contributed by atoms with Crippen LogP contribution in [-0.4, -0.2) is 47.5 Å². The molecule has 0 aromatic heterocycles. The zero-order valence-corrected chi connectivity index (χ0v) is 16.8. The van der Waals surface area contributed by atoms with Crippen LogP contribution in [0.1, 0.15) is 15.9 Å². The monoisotopic (exact) mass is 428 g/mol. The Kier molecular flexibility index (Phi) is 6.17. The maximum Gasteiger partial charge on any atom is 0.293 e. The van der Waals surface area contributed by atoms with Gasteiger partial charge in [0.1, 0.15) is 0 Å². The van der Waals surface area contributed by atoms with Crippen LogP contribution in [0.3, 0.4) is 0 Å². The van der Waals surface area contributed by atoms with Crippen LogP contribution < -0.4 is 9.47 Å². The fourth-order valence-electron chi connectivity index (χ4n) is 2.81. The largest absolute Gasteiger partial charge is 0.493 e. The van der Waals surface area contributed by atoms with Crippen molar-refractivity contribution in [3.8, 4) is 11.5 Å². The van der Waals surface area contributed by atoms with Gasteiger partial charge in [-0.2, -0.15) is 0 Å². The molecule has 1 fully saturated rings. The van der Waals surface area contributed by atoms with E-state index in [9.17, 15) is 24.5 Å². The molecular weight excluding hydrogens is 412 g/mol. The SMILES string of the molecule is COc1cccc(/C=C2/SC(=O)N(CC(=O)c3ccc([N+](=O)[O-])cc3)C2=O)c1OC. The number of ketones is 1. The first kappa shape index (κ1) is 21.1. The molecule has 1 heterocycles. The number of carbonyl (C=O) groups excluding carboxylic acids is 3. The number of hydrogen-bond donors (Lipinski definition) is 0. The Morgan fingerprint density at radius 3 is 2.43 bits per heavy atom. The summed E-state index contributed by atoms with van der Waals surface area (Å²) in [7, 11) is 2.95. The van der Waals surface area contributed by atoms with Crippen LogP contribution in [0.5, 0.6) is 11.5 Å². The lowest BCUT2D eigenvalue weighted by Gasteiger charge is -2.12. The van der Waals surface area contributed by atoms with E-state index in [1.165, 1.54) is 44.6 Å². The van der Waals surface area contributed by atoms with Gasteiger partial charge in [-0.25, -0.2) is 0 Å². The third-order valence-corrected chi connectivity index (χ3v) is 5.20. The van der Waals surface area contributed by atoms with Gasteiger partial charge >= 0.3 is 0 Å². The van der Waals surface area contributed by atoms with Crippen LogP contribution in [0.25, 0.3) is 6.08 Å². The fraction of sp³-hybridized carbons (Fsp3) is 0.150. The van der Waals surface area contributed by atoms with Gasteiger partial charge in [-0.05, 0) is 36.0 Å². The van der Waals surface area contributed by atoms with Gasteiger partial charge in [-0.1, -0.05) is 12.1 Å².